The number of benzene rings is 1. The normalized spacial score (nSPS) is 12.5. The smallest absolute Gasteiger partial charge is 0.230 e. The van der Waals surface area contributed by atoms with Crippen LogP contribution >= 0.6 is 11.8 Å². The first-order chi connectivity index (χ1) is 10.1. The molecule has 5 nitrogen and oxygen atoms in total. The maximum absolute atomic E-state index is 11.8. The quantitative estimate of drug-likeness (QED) is 0.768. The molecule has 0 saturated carbocycles. The molecule has 1 heterocycles. The number of fused-ring (bicyclic) bond motifs is 1. The Morgan fingerprint density at radius 3 is 2.95 bits per heavy atom. The van der Waals surface area contributed by atoms with Gasteiger partial charge < -0.3 is 15.0 Å². The second-order valence-electron chi connectivity index (χ2n) is 4.90. The summed E-state index contributed by atoms with van der Waals surface area (Å²) in [5.41, 5.74) is 2.05. The number of carbonyl (C=O) groups excluding carboxylic acids is 1. The molecule has 0 aliphatic heterocycles. The Morgan fingerprint density at radius 2 is 2.24 bits per heavy atom. The van der Waals surface area contributed by atoms with Crippen molar-refractivity contribution < 1.29 is 9.90 Å². The molecule has 1 unspecified atom stereocenters. The Kier molecular flexibility index (Phi) is 5.64. The first kappa shape index (κ1) is 15.9. The standard InChI is InChI=1S/C15H21N3O2S/c1-3-18-13-7-5-4-6-12(13)17-15(18)21-10-14(20)16-9-8-11(2)19/h4-7,11,19H,3,8-10H2,1-2H3,(H,16,20). The van der Waals surface area contributed by atoms with Gasteiger partial charge in [0.25, 0.3) is 0 Å². The summed E-state index contributed by atoms with van der Waals surface area (Å²) in [6.45, 7) is 5.11. The van der Waals surface area contributed by atoms with Gasteiger partial charge in [0.2, 0.25) is 5.91 Å². The monoisotopic (exact) mass is 307 g/mol. The molecule has 2 rings (SSSR count). The molecule has 114 valence electrons. The van der Waals surface area contributed by atoms with Crippen molar-refractivity contribution in [3.8, 4) is 0 Å². The predicted molar refractivity (Wildman–Crippen MR) is 85.4 cm³/mol. The molecule has 0 spiro atoms. The molecule has 2 aromatic rings. The first-order valence-corrected chi connectivity index (χ1v) is 8.13. The molecular formula is C15H21N3O2S. The molecule has 1 amide bonds. The molecule has 0 fully saturated rings. The second-order valence-corrected chi connectivity index (χ2v) is 5.85. The third-order valence-corrected chi connectivity index (χ3v) is 4.13. The summed E-state index contributed by atoms with van der Waals surface area (Å²) >= 11 is 1.44. The van der Waals surface area contributed by atoms with E-state index in [2.05, 4.69) is 21.8 Å². The molecule has 1 aromatic carbocycles. The zero-order valence-corrected chi connectivity index (χ0v) is 13.2. The largest absolute Gasteiger partial charge is 0.393 e. The minimum atomic E-state index is -0.387. The molecule has 0 aliphatic rings. The third-order valence-electron chi connectivity index (χ3n) is 3.15. The van der Waals surface area contributed by atoms with Crippen LogP contribution in [0.25, 0.3) is 11.0 Å². The van der Waals surface area contributed by atoms with E-state index in [9.17, 15) is 4.79 Å². The fraction of sp³-hybridized carbons (Fsp3) is 0.467. The maximum Gasteiger partial charge on any atom is 0.230 e. The van der Waals surface area contributed by atoms with Gasteiger partial charge in [0.05, 0.1) is 22.9 Å². The summed E-state index contributed by atoms with van der Waals surface area (Å²) in [6, 6.07) is 7.98. The Balaban J connectivity index is 1.95. The van der Waals surface area contributed by atoms with Crippen molar-refractivity contribution in [2.24, 2.45) is 0 Å². The van der Waals surface area contributed by atoms with Crippen LogP contribution < -0.4 is 5.32 Å². The average Bonchev–Trinajstić information content (AvgIpc) is 2.82. The van der Waals surface area contributed by atoms with E-state index < -0.39 is 0 Å². The van der Waals surface area contributed by atoms with Gasteiger partial charge in [-0.2, -0.15) is 0 Å². The van der Waals surface area contributed by atoms with Crippen molar-refractivity contribution in [1.29, 1.82) is 0 Å². The molecule has 0 aliphatic carbocycles. The summed E-state index contributed by atoms with van der Waals surface area (Å²) in [4.78, 5) is 16.3. The van der Waals surface area contributed by atoms with Crippen LogP contribution in [0.15, 0.2) is 29.4 Å². The number of nitrogens with zero attached hydrogens (tertiary/aromatic N) is 2. The van der Waals surface area contributed by atoms with E-state index in [1.807, 2.05) is 24.3 Å². The number of aryl methyl sites for hydroxylation is 1. The van der Waals surface area contributed by atoms with Crippen LogP contribution in [0, 0.1) is 0 Å². The van der Waals surface area contributed by atoms with E-state index in [1.54, 1.807) is 6.92 Å². The molecule has 21 heavy (non-hydrogen) atoms. The van der Waals surface area contributed by atoms with E-state index in [-0.39, 0.29) is 12.0 Å². The molecule has 6 heteroatoms. The number of carbonyl (C=O) groups is 1. The highest BCUT2D eigenvalue weighted by Gasteiger charge is 2.11. The van der Waals surface area contributed by atoms with Crippen molar-refractivity contribution in [3.63, 3.8) is 0 Å². The zero-order chi connectivity index (χ0) is 15.2. The van der Waals surface area contributed by atoms with Gasteiger partial charge in [0, 0.05) is 13.1 Å². The highest BCUT2D eigenvalue weighted by molar-refractivity contribution is 7.99. The molecule has 1 atom stereocenters. The van der Waals surface area contributed by atoms with Crippen molar-refractivity contribution in [2.45, 2.75) is 38.1 Å². The van der Waals surface area contributed by atoms with Gasteiger partial charge in [-0.15, -0.1) is 0 Å². The highest BCUT2D eigenvalue weighted by atomic mass is 32.2. The lowest BCUT2D eigenvalue weighted by Gasteiger charge is -2.07. The highest BCUT2D eigenvalue weighted by Crippen LogP contribution is 2.23. The van der Waals surface area contributed by atoms with Gasteiger partial charge in [-0.1, -0.05) is 23.9 Å². The maximum atomic E-state index is 11.8. The number of aromatic nitrogens is 2. The van der Waals surface area contributed by atoms with Crippen LogP contribution in [-0.2, 0) is 11.3 Å². The predicted octanol–water partition coefficient (Wildman–Crippen LogP) is 2.04. The third kappa shape index (κ3) is 4.22. The summed E-state index contributed by atoms with van der Waals surface area (Å²) < 4.78 is 2.11. The first-order valence-electron chi connectivity index (χ1n) is 7.14. The van der Waals surface area contributed by atoms with Crippen LogP contribution in [0.2, 0.25) is 0 Å². The van der Waals surface area contributed by atoms with E-state index >= 15 is 0 Å². The summed E-state index contributed by atoms with van der Waals surface area (Å²) in [5.74, 6) is 0.304. The van der Waals surface area contributed by atoms with Crippen molar-refractivity contribution in [3.05, 3.63) is 24.3 Å². The number of para-hydroxylation sites is 2. The molecular weight excluding hydrogens is 286 g/mol. The lowest BCUT2D eigenvalue weighted by molar-refractivity contribution is -0.118. The topological polar surface area (TPSA) is 67.2 Å². The number of aliphatic hydroxyl groups excluding tert-OH is 1. The van der Waals surface area contributed by atoms with Gasteiger partial charge >= 0.3 is 0 Å². The summed E-state index contributed by atoms with van der Waals surface area (Å²) in [6.07, 6.45) is 0.186. The Labute approximate surface area is 128 Å². The van der Waals surface area contributed by atoms with Gasteiger partial charge in [-0.05, 0) is 32.4 Å². The molecule has 0 bridgehead atoms. The van der Waals surface area contributed by atoms with Crippen LogP contribution in [0.1, 0.15) is 20.3 Å². The molecule has 1 aromatic heterocycles. The van der Waals surface area contributed by atoms with Gasteiger partial charge in [-0.3, -0.25) is 4.79 Å². The number of rotatable bonds is 7. The molecule has 0 saturated heterocycles. The molecule has 2 N–H and O–H groups in total. The van der Waals surface area contributed by atoms with Gasteiger partial charge in [0.15, 0.2) is 5.16 Å². The summed E-state index contributed by atoms with van der Waals surface area (Å²) in [5, 5.41) is 12.8. The number of imidazole rings is 1. The average molecular weight is 307 g/mol. The fourth-order valence-electron chi connectivity index (χ4n) is 2.07. The van der Waals surface area contributed by atoms with Crippen LogP contribution in [0.5, 0.6) is 0 Å². The number of nitrogens with one attached hydrogen (secondary N) is 1. The lowest BCUT2D eigenvalue weighted by Crippen LogP contribution is -2.28. The van der Waals surface area contributed by atoms with Crippen molar-refractivity contribution in [2.75, 3.05) is 12.3 Å². The number of hydrogen-bond acceptors (Lipinski definition) is 4. The van der Waals surface area contributed by atoms with Crippen LogP contribution in [-0.4, -0.2) is 39.0 Å². The van der Waals surface area contributed by atoms with Crippen molar-refractivity contribution >= 4 is 28.7 Å². The second kappa shape index (κ2) is 7.47. The zero-order valence-electron chi connectivity index (χ0n) is 12.4. The Hall–Kier alpha value is -1.53. The Bertz CT molecular complexity index is 610. The lowest BCUT2D eigenvalue weighted by atomic mass is 10.3. The van der Waals surface area contributed by atoms with Crippen LogP contribution in [0.3, 0.4) is 0 Å². The number of hydrogen-bond donors (Lipinski definition) is 2. The number of amides is 1. The van der Waals surface area contributed by atoms with E-state index in [0.29, 0.717) is 18.7 Å². The molecule has 0 radical (unpaired) electrons. The van der Waals surface area contributed by atoms with Gasteiger partial charge in [-0.25, -0.2) is 4.98 Å². The van der Waals surface area contributed by atoms with E-state index in [1.165, 1.54) is 11.8 Å². The van der Waals surface area contributed by atoms with E-state index in [0.717, 1.165) is 22.7 Å². The van der Waals surface area contributed by atoms with Gasteiger partial charge in [0.1, 0.15) is 0 Å². The number of aliphatic hydroxyl groups is 1. The van der Waals surface area contributed by atoms with Crippen molar-refractivity contribution in [1.82, 2.24) is 14.9 Å². The minimum Gasteiger partial charge on any atom is -0.393 e. The summed E-state index contributed by atoms with van der Waals surface area (Å²) in [7, 11) is 0. The van der Waals surface area contributed by atoms with Crippen LogP contribution in [0.4, 0.5) is 0 Å². The Morgan fingerprint density at radius 1 is 1.48 bits per heavy atom. The number of thioether (sulfide) groups is 1. The van der Waals surface area contributed by atoms with E-state index in [4.69, 9.17) is 5.11 Å². The fourth-order valence-corrected chi connectivity index (χ4v) is 2.98. The minimum absolute atomic E-state index is 0.0321. The SMILES string of the molecule is CCn1c(SCC(=O)NCCC(C)O)nc2ccccc21.